The zero-order valence-corrected chi connectivity index (χ0v) is 20.8. The minimum Gasteiger partial charge on any atom is -0.494 e. The highest BCUT2D eigenvalue weighted by atomic mass is 32.2. The topological polar surface area (TPSA) is 98.1 Å². The average molecular weight is 482 g/mol. The van der Waals surface area contributed by atoms with Gasteiger partial charge in [0.05, 0.1) is 18.8 Å². The minimum absolute atomic E-state index is 0.0859. The smallest absolute Gasteiger partial charge is 0.234 e. The van der Waals surface area contributed by atoms with Gasteiger partial charge in [0.15, 0.2) is 5.16 Å². The van der Waals surface area contributed by atoms with E-state index in [1.807, 2.05) is 54.8 Å². The molecule has 1 heterocycles. The number of hydrogen-bond acceptors (Lipinski definition) is 6. The van der Waals surface area contributed by atoms with Crippen LogP contribution in [0, 0.1) is 0 Å². The van der Waals surface area contributed by atoms with E-state index in [0.29, 0.717) is 35.7 Å². The predicted octanol–water partition coefficient (Wildman–Crippen LogP) is 4.73. The lowest BCUT2D eigenvalue weighted by atomic mass is 10.0. The number of rotatable bonds is 11. The molecule has 34 heavy (non-hydrogen) atoms. The van der Waals surface area contributed by atoms with Gasteiger partial charge in [-0.25, -0.2) is 0 Å². The first-order chi connectivity index (χ1) is 16.4. The predicted molar refractivity (Wildman–Crippen MR) is 136 cm³/mol. The summed E-state index contributed by atoms with van der Waals surface area (Å²) in [5.41, 5.74) is 2.61. The molecule has 3 rings (SSSR count). The summed E-state index contributed by atoms with van der Waals surface area (Å²) in [7, 11) is 0. The molecule has 0 aliphatic heterocycles. The van der Waals surface area contributed by atoms with Crippen LogP contribution < -0.4 is 15.4 Å². The minimum atomic E-state index is -0.189. The van der Waals surface area contributed by atoms with Gasteiger partial charge < -0.3 is 19.9 Å². The van der Waals surface area contributed by atoms with Gasteiger partial charge in [-0.2, -0.15) is 0 Å². The van der Waals surface area contributed by atoms with Gasteiger partial charge in [-0.3, -0.25) is 9.59 Å². The molecule has 0 unspecified atom stereocenters. The fraction of sp³-hybridized carbons (Fsp3) is 0.360. The van der Waals surface area contributed by atoms with Crippen molar-refractivity contribution in [2.75, 3.05) is 23.0 Å². The van der Waals surface area contributed by atoms with Gasteiger partial charge >= 0.3 is 0 Å². The molecular weight excluding hydrogens is 450 g/mol. The number of ether oxygens (including phenoxy) is 1. The van der Waals surface area contributed by atoms with Crippen molar-refractivity contribution in [3.63, 3.8) is 0 Å². The molecule has 0 bridgehead atoms. The molecule has 0 saturated carbocycles. The highest BCUT2D eigenvalue weighted by Gasteiger charge is 2.17. The van der Waals surface area contributed by atoms with E-state index in [4.69, 9.17) is 4.74 Å². The van der Waals surface area contributed by atoms with E-state index in [0.717, 1.165) is 17.0 Å². The second-order valence-electron chi connectivity index (χ2n) is 7.90. The number of aromatic nitrogens is 3. The van der Waals surface area contributed by atoms with Crippen molar-refractivity contribution < 1.29 is 14.3 Å². The van der Waals surface area contributed by atoms with E-state index in [1.54, 1.807) is 12.1 Å². The second-order valence-corrected chi connectivity index (χ2v) is 8.85. The van der Waals surface area contributed by atoms with E-state index in [2.05, 4.69) is 34.7 Å². The molecule has 0 saturated heterocycles. The maximum atomic E-state index is 12.6. The molecule has 0 radical (unpaired) electrons. The first-order valence-corrected chi connectivity index (χ1v) is 12.4. The fourth-order valence-corrected chi connectivity index (χ4v) is 4.28. The molecule has 2 N–H and O–H groups in total. The molecule has 8 nitrogen and oxygen atoms in total. The van der Waals surface area contributed by atoms with Gasteiger partial charge in [0.25, 0.3) is 0 Å². The molecule has 2 amide bonds. The first-order valence-electron chi connectivity index (χ1n) is 11.4. The highest BCUT2D eigenvalue weighted by molar-refractivity contribution is 7.99. The van der Waals surface area contributed by atoms with Gasteiger partial charge in [-0.15, -0.1) is 10.2 Å². The Kier molecular flexibility index (Phi) is 9.09. The Balaban J connectivity index is 1.57. The van der Waals surface area contributed by atoms with Crippen LogP contribution in [0.4, 0.5) is 11.4 Å². The molecule has 9 heteroatoms. The van der Waals surface area contributed by atoms with Crippen LogP contribution in [-0.2, 0) is 22.6 Å². The summed E-state index contributed by atoms with van der Waals surface area (Å²) < 4.78 is 7.28. The lowest BCUT2D eigenvalue weighted by Crippen LogP contribution is -2.18. The van der Waals surface area contributed by atoms with Crippen LogP contribution in [0.15, 0.2) is 53.7 Å². The second kappa shape index (κ2) is 12.2. The van der Waals surface area contributed by atoms with E-state index < -0.39 is 0 Å². The molecular formula is C25H31N5O3S. The van der Waals surface area contributed by atoms with Crippen molar-refractivity contribution in [1.29, 1.82) is 0 Å². The van der Waals surface area contributed by atoms with Crippen molar-refractivity contribution in [2.24, 2.45) is 0 Å². The van der Waals surface area contributed by atoms with Gasteiger partial charge in [-0.1, -0.05) is 43.8 Å². The molecule has 0 spiro atoms. The maximum absolute atomic E-state index is 12.6. The number of carbonyl (C=O) groups is 2. The lowest BCUT2D eigenvalue weighted by Gasteiger charge is -2.13. The zero-order valence-electron chi connectivity index (χ0n) is 20.0. The summed E-state index contributed by atoms with van der Waals surface area (Å²) in [5.74, 6) is 1.51. The van der Waals surface area contributed by atoms with Gasteiger partial charge in [0.1, 0.15) is 11.6 Å². The third-order valence-corrected chi connectivity index (χ3v) is 6.03. The van der Waals surface area contributed by atoms with Crippen LogP contribution in [0.1, 0.15) is 45.0 Å². The van der Waals surface area contributed by atoms with Crippen LogP contribution in [0.5, 0.6) is 5.75 Å². The van der Waals surface area contributed by atoms with Gasteiger partial charge in [-0.05, 0) is 55.7 Å². The summed E-state index contributed by atoms with van der Waals surface area (Å²) in [6.07, 6.45) is 0.0859. The van der Waals surface area contributed by atoms with Crippen LogP contribution in [0.3, 0.4) is 0 Å². The van der Waals surface area contributed by atoms with E-state index in [9.17, 15) is 9.59 Å². The van der Waals surface area contributed by atoms with E-state index in [1.165, 1.54) is 11.8 Å². The van der Waals surface area contributed by atoms with Crippen molar-refractivity contribution in [3.8, 4) is 5.75 Å². The van der Waals surface area contributed by atoms with Gasteiger partial charge in [0, 0.05) is 17.9 Å². The highest BCUT2D eigenvalue weighted by Crippen LogP contribution is 2.24. The summed E-state index contributed by atoms with van der Waals surface area (Å²) >= 11 is 1.30. The third kappa shape index (κ3) is 6.84. The Hall–Kier alpha value is -3.33. The molecule has 180 valence electrons. The number of nitrogens with zero attached hydrogens (tertiary/aromatic N) is 3. The number of thioether (sulfide) groups is 1. The average Bonchev–Trinajstić information content (AvgIpc) is 3.20. The fourth-order valence-electron chi connectivity index (χ4n) is 3.45. The molecule has 2 aromatic carbocycles. The number of benzene rings is 2. The summed E-state index contributed by atoms with van der Waals surface area (Å²) in [6.45, 7) is 9.25. The maximum Gasteiger partial charge on any atom is 0.234 e. The number of hydrogen-bond donors (Lipinski definition) is 2. The Morgan fingerprint density at radius 3 is 2.41 bits per heavy atom. The quantitative estimate of drug-likeness (QED) is 0.384. The van der Waals surface area contributed by atoms with Crippen LogP contribution in [0.2, 0.25) is 0 Å². The van der Waals surface area contributed by atoms with Gasteiger partial charge in [0.2, 0.25) is 11.8 Å². The summed E-state index contributed by atoms with van der Waals surface area (Å²) in [5, 5.41) is 14.9. The Morgan fingerprint density at radius 1 is 1.00 bits per heavy atom. The Labute approximate surface area is 204 Å². The zero-order chi connectivity index (χ0) is 24.5. The molecule has 1 aromatic heterocycles. The largest absolute Gasteiger partial charge is 0.494 e. The number of anilines is 2. The number of carbonyl (C=O) groups excluding carboxylic acids is 2. The van der Waals surface area contributed by atoms with Crippen molar-refractivity contribution in [2.45, 2.75) is 51.7 Å². The number of para-hydroxylation sites is 1. The third-order valence-electron chi connectivity index (χ3n) is 5.07. The molecule has 0 fully saturated rings. The Bertz CT molecular complexity index is 1110. The van der Waals surface area contributed by atoms with Crippen molar-refractivity contribution >= 4 is 35.0 Å². The Morgan fingerprint density at radius 2 is 1.74 bits per heavy atom. The summed E-state index contributed by atoms with van der Waals surface area (Å²) in [4.78, 5) is 25.1. The number of amides is 2. The van der Waals surface area contributed by atoms with Crippen molar-refractivity contribution in [1.82, 2.24) is 14.8 Å². The first kappa shape index (κ1) is 25.3. The van der Waals surface area contributed by atoms with Crippen molar-refractivity contribution in [3.05, 3.63) is 59.9 Å². The normalized spacial score (nSPS) is 10.9. The van der Waals surface area contributed by atoms with Crippen LogP contribution in [0.25, 0.3) is 0 Å². The van der Waals surface area contributed by atoms with E-state index >= 15 is 0 Å². The standard InChI is InChI=1S/C25H31N5O3S/c1-5-30-22(15-23(31)26-18-11-13-19(14-12-18)33-6-2)28-29-25(30)34-16-24(32)27-21-10-8-7-9-20(21)17(3)4/h7-14,17H,5-6,15-16H2,1-4H3,(H,26,31)(H,27,32). The number of nitrogens with one attached hydrogen (secondary N) is 2. The monoisotopic (exact) mass is 481 g/mol. The molecule has 3 aromatic rings. The van der Waals surface area contributed by atoms with Crippen LogP contribution in [-0.4, -0.2) is 38.9 Å². The molecule has 0 aliphatic rings. The van der Waals surface area contributed by atoms with E-state index in [-0.39, 0.29) is 24.0 Å². The lowest BCUT2D eigenvalue weighted by molar-refractivity contribution is -0.116. The molecule has 0 aliphatic carbocycles. The SMILES string of the molecule is CCOc1ccc(NC(=O)Cc2nnc(SCC(=O)Nc3ccccc3C(C)C)n2CC)cc1. The summed E-state index contributed by atoms with van der Waals surface area (Å²) in [6, 6.07) is 15.0. The molecule has 0 atom stereocenters. The van der Waals surface area contributed by atoms with Crippen LogP contribution >= 0.6 is 11.8 Å².